The fourth-order valence-corrected chi connectivity index (χ4v) is 5.35. The summed E-state index contributed by atoms with van der Waals surface area (Å²) in [5, 5.41) is 5.79. The summed E-state index contributed by atoms with van der Waals surface area (Å²) >= 11 is 0. The third kappa shape index (κ3) is 6.26. The molecule has 0 unspecified atom stereocenters. The van der Waals surface area contributed by atoms with Crippen LogP contribution >= 0.6 is 0 Å². The highest BCUT2D eigenvalue weighted by atomic mass is 32.2. The maximum Gasteiger partial charge on any atom is 0.243 e. The van der Waals surface area contributed by atoms with Crippen LogP contribution in [0, 0.1) is 6.92 Å². The Labute approximate surface area is 179 Å². The van der Waals surface area contributed by atoms with Gasteiger partial charge in [0.25, 0.3) is 0 Å². The SMILES string of the molecule is Cc1ccc(S(=O)(=O)N2CCN(CC(=O)NCCC(=O)NC3CCCC3)CC2)cc1. The van der Waals surface area contributed by atoms with Gasteiger partial charge >= 0.3 is 0 Å². The van der Waals surface area contributed by atoms with Crippen molar-refractivity contribution in [1.29, 1.82) is 0 Å². The fraction of sp³-hybridized carbons (Fsp3) is 0.619. The zero-order valence-electron chi connectivity index (χ0n) is 17.6. The Bertz CT molecular complexity index is 827. The third-order valence-corrected chi connectivity index (χ3v) is 7.66. The summed E-state index contributed by atoms with van der Waals surface area (Å²) in [6, 6.07) is 7.14. The van der Waals surface area contributed by atoms with Crippen molar-refractivity contribution in [3.63, 3.8) is 0 Å². The summed E-state index contributed by atoms with van der Waals surface area (Å²) in [6.45, 7) is 4.16. The first kappa shape index (κ1) is 22.7. The van der Waals surface area contributed by atoms with Crippen molar-refractivity contribution in [3.05, 3.63) is 29.8 Å². The van der Waals surface area contributed by atoms with E-state index >= 15 is 0 Å². The van der Waals surface area contributed by atoms with E-state index in [2.05, 4.69) is 10.6 Å². The number of rotatable bonds is 8. The first-order chi connectivity index (χ1) is 14.3. The maximum absolute atomic E-state index is 12.7. The topological polar surface area (TPSA) is 98.8 Å². The van der Waals surface area contributed by atoms with E-state index in [0.29, 0.717) is 43.7 Å². The molecule has 30 heavy (non-hydrogen) atoms. The van der Waals surface area contributed by atoms with Crippen molar-refractivity contribution < 1.29 is 18.0 Å². The van der Waals surface area contributed by atoms with Gasteiger partial charge in [-0.1, -0.05) is 30.5 Å². The smallest absolute Gasteiger partial charge is 0.243 e. The van der Waals surface area contributed by atoms with Crippen LogP contribution in [0.25, 0.3) is 0 Å². The summed E-state index contributed by atoms with van der Waals surface area (Å²) in [6.07, 6.45) is 4.71. The molecule has 2 amide bonds. The predicted molar refractivity (Wildman–Crippen MR) is 114 cm³/mol. The van der Waals surface area contributed by atoms with Crippen LogP contribution in [-0.2, 0) is 19.6 Å². The van der Waals surface area contributed by atoms with Crippen LogP contribution < -0.4 is 10.6 Å². The van der Waals surface area contributed by atoms with Crippen LogP contribution in [0.1, 0.15) is 37.7 Å². The summed E-state index contributed by atoms with van der Waals surface area (Å²) < 4.78 is 27.0. The zero-order chi connectivity index (χ0) is 21.6. The van der Waals surface area contributed by atoms with Crippen LogP contribution in [0.3, 0.4) is 0 Å². The van der Waals surface area contributed by atoms with E-state index in [0.717, 1.165) is 18.4 Å². The van der Waals surface area contributed by atoms with Crippen molar-refractivity contribution in [3.8, 4) is 0 Å². The van der Waals surface area contributed by atoms with E-state index in [1.54, 1.807) is 24.3 Å². The largest absolute Gasteiger partial charge is 0.354 e. The number of amides is 2. The molecule has 1 aromatic carbocycles. The zero-order valence-corrected chi connectivity index (χ0v) is 18.4. The highest BCUT2D eigenvalue weighted by molar-refractivity contribution is 7.89. The Balaban J connectivity index is 1.36. The summed E-state index contributed by atoms with van der Waals surface area (Å²) in [7, 11) is -3.50. The molecular weight excluding hydrogens is 404 g/mol. The number of carbonyl (C=O) groups is 2. The molecule has 0 aromatic heterocycles. The normalized spacial score (nSPS) is 19.0. The number of carbonyl (C=O) groups excluding carboxylic acids is 2. The molecule has 2 aliphatic rings. The van der Waals surface area contributed by atoms with Crippen LogP contribution in [0.5, 0.6) is 0 Å². The van der Waals surface area contributed by atoms with Crippen molar-refractivity contribution >= 4 is 21.8 Å². The number of hydrogen-bond donors (Lipinski definition) is 2. The first-order valence-electron chi connectivity index (χ1n) is 10.7. The minimum absolute atomic E-state index is 0.0165. The molecule has 0 bridgehead atoms. The molecule has 1 heterocycles. The highest BCUT2D eigenvalue weighted by Gasteiger charge is 2.29. The number of piperazine rings is 1. The molecule has 8 nitrogen and oxygen atoms in total. The van der Waals surface area contributed by atoms with Gasteiger partial charge in [0, 0.05) is 45.2 Å². The van der Waals surface area contributed by atoms with Gasteiger partial charge in [-0.2, -0.15) is 4.31 Å². The second kappa shape index (κ2) is 10.4. The molecule has 9 heteroatoms. The average molecular weight is 437 g/mol. The Morgan fingerprint density at radius 3 is 2.27 bits per heavy atom. The van der Waals surface area contributed by atoms with Gasteiger partial charge in [-0.25, -0.2) is 8.42 Å². The lowest BCUT2D eigenvalue weighted by molar-refractivity contribution is -0.123. The molecule has 1 aromatic rings. The van der Waals surface area contributed by atoms with Gasteiger partial charge in [0.05, 0.1) is 11.4 Å². The summed E-state index contributed by atoms with van der Waals surface area (Å²) in [5.74, 6) is -0.157. The molecule has 2 N–H and O–H groups in total. The van der Waals surface area contributed by atoms with E-state index in [1.807, 2.05) is 11.8 Å². The van der Waals surface area contributed by atoms with Gasteiger partial charge < -0.3 is 10.6 Å². The Morgan fingerprint density at radius 2 is 1.63 bits per heavy atom. The van der Waals surface area contributed by atoms with E-state index < -0.39 is 10.0 Å². The van der Waals surface area contributed by atoms with Crippen LogP contribution in [0.2, 0.25) is 0 Å². The molecule has 1 aliphatic carbocycles. The number of nitrogens with one attached hydrogen (secondary N) is 2. The number of aryl methyl sites for hydroxylation is 1. The molecular formula is C21H32N4O4S. The average Bonchev–Trinajstić information content (AvgIpc) is 3.21. The fourth-order valence-electron chi connectivity index (χ4n) is 3.93. The quantitative estimate of drug-likeness (QED) is 0.630. The molecule has 2 fully saturated rings. The standard InChI is InChI=1S/C21H32N4O4S/c1-17-6-8-19(9-7-17)30(28,29)25-14-12-24(13-15-25)16-21(27)22-11-10-20(26)23-18-4-2-3-5-18/h6-9,18H,2-5,10-16H2,1H3,(H,22,27)(H,23,26). The lowest BCUT2D eigenvalue weighted by atomic mass is 10.2. The highest BCUT2D eigenvalue weighted by Crippen LogP contribution is 2.18. The van der Waals surface area contributed by atoms with Crippen LogP contribution in [-0.4, -0.2) is 74.7 Å². The van der Waals surface area contributed by atoms with Crippen molar-refractivity contribution in [2.24, 2.45) is 0 Å². The predicted octanol–water partition coefficient (Wildman–Crippen LogP) is 0.866. The Morgan fingerprint density at radius 1 is 1.00 bits per heavy atom. The lowest BCUT2D eigenvalue weighted by Gasteiger charge is -2.33. The van der Waals surface area contributed by atoms with Gasteiger partial charge in [0.2, 0.25) is 21.8 Å². The third-order valence-electron chi connectivity index (χ3n) is 5.75. The molecule has 1 aliphatic heterocycles. The van der Waals surface area contributed by atoms with Gasteiger partial charge in [-0.15, -0.1) is 0 Å². The van der Waals surface area contributed by atoms with E-state index in [-0.39, 0.29) is 24.8 Å². The van der Waals surface area contributed by atoms with Crippen molar-refractivity contribution in [2.45, 2.75) is 50.0 Å². The molecule has 0 atom stereocenters. The number of sulfonamides is 1. The van der Waals surface area contributed by atoms with Crippen LogP contribution in [0.4, 0.5) is 0 Å². The monoisotopic (exact) mass is 436 g/mol. The molecule has 3 rings (SSSR count). The molecule has 0 spiro atoms. The molecule has 166 valence electrons. The van der Waals surface area contributed by atoms with Crippen molar-refractivity contribution in [2.75, 3.05) is 39.3 Å². The minimum Gasteiger partial charge on any atom is -0.354 e. The minimum atomic E-state index is -3.50. The molecule has 0 radical (unpaired) electrons. The maximum atomic E-state index is 12.7. The Kier molecular flexibility index (Phi) is 7.85. The summed E-state index contributed by atoms with van der Waals surface area (Å²) in [5.41, 5.74) is 1.01. The number of hydrogen-bond acceptors (Lipinski definition) is 5. The van der Waals surface area contributed by atoms with Crippen LogP contribution in [0.15, 0.2) is 29.2 Å². The van der Waals surface area contributed by atoms with Gasteiger partial charge in [0.15, 0.2) is 0 Å². The second-order valence-corrected chi connectivity index (χ2v) is 10.1. The first-order valence-corrected chi connectivity index (χ1v) is 12.1. The lowest BCUT2D eigenvalue weighted by Crippen LogP contribution is -2.51. The Hall–Kier alpha value is -1.97. The van der Waals surface area contributed by atoms with Crippen molar-refractivity contribution in [1.82, 2.24) is 19.8 Å². The molecule has 1 saturated carbocycles. The molecule has 1 saturated heterocycles. The van der Waals surface area contributed by atoms with E-state index in [4.69, 9.17) is 0 Å². The van der Waals surface area contributed by atoms with E-state index in [9.17, 15) is 18.0 Å². The van der Waals surface area contributed by atoms with E-state index in [1.165, 1.54) is 17.1 Å². The van der Waals surface area contributed by atoms with Gasteiger partial charge in [0.1, 0.15) is 0 Å². The number of benzene rings is 1. The second-order valence-electron chi connectivity index (χ2n) is 8.14. The number of nitrogens with zero attached hydrogens (tertiary/aromatic N) is 2. The summed E-state index contributed by atoms with van der Waals surface area (Å²) in [4.78, 5) is 26.3. The van der Waals surface area contributed by atoms with Gasteiger partial charge in [-0.3, -0.25) is 14.5 Å². The van der Waals surface area contributed by atoms with Gasteiger partial charge in [-0.05, 0) is 31.9 Å².